The molecule has 0 aromatic carbocycles. The topological polar surface area (TPSA) is 50.2 Å². The molecule has 3 rings (SSSR count). The van der Waals surface area contributed by atoms with Crippen molar-refractivity contribution in [3.05, 3.63) is 40.3 Å². The number of nitrogens with one attached hydrogen (secondary N) is 1. The van der Waals surface area contributed by atoms with Gasteiger partial charge in [-0.3, -0.25) is 4.68 Å². The molecule has 5 nitrogen and oxygen atoms in total. The summed E-state index contributed by atoms with van der Waals surface area (Å²) in [4.78, 5) is 16.0. The predicted octanol–water partition coefficient (Wildman–Crippen LogP) is 3.05. The van der Waals surface area contributed by atoms with Crippen molar-refractivity contribution in [2.45, 2.75) is 45.3 Å². The van der Waals surface area contributed by atoms with Crippen LogP contribution in [0.4, 0.5) is 4.79 Å². The van der Waals surface area contributed by atoms with Crippen molar-refractivity contribution in [2.75, 3.05) is 6.54 Å². The molecule has 0 aliphatic carbocycles. The SMILES string of the molecule is CC[C@@H]1c2ccsc2CCN1C(=O)N[C@H](C)Cn1cccn1. The van der Waals surface area contributed by atoms with Crippen LogP contribution in [0.1, 0.15) is 36.8 Å². The Bertz CT molecular complexity index is 622. The van der Waals surface area contributed by atoms with Crippen LogP contribution in [0.5, 0.6) is 0 Å². The zero-order chi connectivity index (χ0) is 15.5. The van der Waals surface area contributed by atoms with Crippen LogP contribution in [-0.4, -0.2) is 33.3 Å². The number of hydrogen-bond donors (Lipinski definition) is 1. The van der Waals surface area contributed by atoms with Crippen LogP contribution in [0, 0.1) is 0 Å². The summed E-state index contributed by atoms with van der Waals surface area (Å²) in [7, 11) is 0. The Balaban J connectivity index is 1.64. The number of nitrogens with zero attached hydrogens (tertiary/aromatic N) is 3. The largest absolute Gasteiger partial charge is 0.334 e. The first kappa shape index (κ1) is 15.1. The van der Waals surface area contributed by atoms with Crippen molar-refractivity contribution >= 4 is 17.4 Å². The van der Waals surface area contributed by atoms with Gasteiger partial charge in [0.1, 0.15) is 0 Å². The van der Waals surface area contributed by atoms with Crippen molar-refractivity contribution in [3.8, 4) is 0 Å². The maximum absolute atomic E-state index is 12.6. The minimum atomic E-state index is 0.0309. The molecule has 1 aliphatic heterocycles. The monoisotopic (exact) mass is 318 g/mol. The van der Waals surface area contributed by atoms with Gasteiger partial charge in [-0.05, 0) is 42.8 Å². The third-order valence-electron chi connectivity index (χ3n) is 4.13. The van der Waals surface area contributed by atoms with E-state index in [1.807, 2.05) is 28.8 Å². The Morgan fingerprint density at radius 2 is 2.45 bits per heavy atom. The fourth-order valence-electron chi connectivity index (χ4n) is 3.11. The zero-order valence-corrected chi connectivity index (χ0v) is 13.8. The number of thiophene rings is 1. The van der Waals surface area contributed by atoms with Gasteiger partial charge in [-0.1, -0.05) is 6.92 Å². The molecule has 2 aromatic heterocycles. The molecule has 0 saturated carbocycles. The van der Waals surface area contributed by atoms with Gasteiger partial charge in [0, 0.05) is 29.9 Å². The number of hydrogen-bond acceptors (Lipinski definition) is 3. The normalized spacial score (nSPS) is 18.8. The van der Waals surface area contributed by atoms with E-state index < -0.39 is 0 Å². The van der Waals surface area contributed by atoms with E-state index in [1.54, 1.807) is 17.5 Å². The van der Waals surface area contributed by atoms with Gasteiger partial charge in [0.05, 0.1) is 12.6 Å². The molecule has 2 amide bonds. The summed E-state index contributed by atoms with van der Waals surface area (Å²) in [5.74, 6) is 0. The Morgan fingerprint density at radius 3 is 3.18 bits per heavy atom. The molecular weight excluding hydrogens is 296 g/mol. The van der Waals surface area contributed by atoms with Gasteiger partial charge in [0.15, 0.2) is 0 Å². The lowest BCUT2D eigenvalue weighted by atomic mass is 9.98. The molecule has 1 N–H and O–H groups in total. The Hall–Kier alpha value is -1.82. The van der Waals surface area contributed by atoms with Crippen LogP contribution in [0.25, 0.3) is 0 Å². The lowest BCUT2D eigenvalue weighted by Crippen LogP contribution is -2.48. The van der Waals surface area contributed by atoms with Crippen molar-refractivity contribution in [1.82, 2.24) is 20.0 Å². The molecule has 0 fully saturated rings. The van der Waals surface area contributed by atoms with E-state index in [-0.39, 0.29) is 18.1 Å². The maximum Gasteiger partial charge on any atom is 0.318 e. The van der Waals surface area contributed by atoms with Gasteiger partial charge in [-0.25, -0.2) is 4.79 Å². The average Bonchev–Trinajstić information content (AvgIpc) is 3.16. The van der Waals surface area contributed by atoms with E-state index in [0.29, 0.717) is 6.54 Å². The fraction of sp³-hybridized carbons (Fsp3) is 0.500. The summed E-state index contributed by atoms with van der Waals surface area (Å²) in [5.41, 5.74) is 1.33. The summed E-state index contributed by atoms with van der Waals surface area (Å²) in [5, 5.41) is 9.42. The molecule has 1 aliphatic rings. The van der Waals surface area contributed by atoms with Crippen molar-refractivity contribution in [2.24, 2.45) is 0 Å². The van der Waals surface area contributed by atoms with Gasteiger partial charge >= 0.3 is 6.03 Å². The van der Waals surface area contributed by atoms with E-state index in [9.17, 15) is 4.79 Å². The molecule has 0 unspecified atom stereocenters. The number of carbonyl (C=O) groups excluding carboxylic acids is 1. The van der Waals surface area contributed by atoms with Crippen LogP contribution < -0.4 is 5.32 Å². The third kappa shape index (κ3) is 3.02. The van der Waals surface area contributed by atoms with E-state index in [4.69, 9.17) is 0 Å². The lowest BCUT2D eigenvalue weighted by Gasteiger charge is -2.36. The molecule has 0 bridgehead atoms. The molecule has 22 heavy (non-hydrogen) atoms. The summed E-state index contributed by atoms with van der Waals surface area (Å²) in [6.45, 7) is 5.64. The van der Waals surface area contributed by atoms with E-state index in [0.717, 1.165) is 19.4 Å². The second kappa shape index (κ2) is 6.52. The number of fused-ring (bicyclic) bond motifs is 1. The molecule has 6 heteroatoms. The van der Waals surface area contributed by atoms with Gasteiger partial charge in [-0.2, -0.15) is 5.10 Å². The van der Waals surface area contributed by atoms with Gasteiger partial charge < -0.3 is 10.2 Å². The number of rotatable bonds is 4. The first-order chi connectivity index (χ1) is 10.7. The summed E-state index contributed by atoms with van der Waals surface area (Å²) in [6, 6.07) is 4.34. The first-order valence-electron chi connectivity index (χ1n) is 7.80. The molecule has 0 radical (unpaired) electrons. The van der Waals surface area contributed by atoms with E-state index >= 15 is 0 Å². The van der Waals surface area contributed by atoms with Gasteiger partial charge in [0.25, 0.3) is 0 Å². The lowest BCUT2D eigenvalue weighted by molar-refractivity contribution is 0.163. The Labute approximate surface area is 134 Å². The highest BCUT2D eigenvalue weighted by atomic mass is 32.1. The quantitative estimate of drug-likeness (QED) is 0.942. The molecular formula is C16H22N4OS. The second-order valence-corrected chi connectivity index (χ2v) is 6.75. The molecule has 118 valence electrons. The highest BCUT2D eigenvalue weighted by Crippen LogP contribution is 2.35. The first-order valence-corrected chi connectivity index (χ1v) is 8.67. The van der Waals surface area contributed by atoms with Crippen LogP contribution in [0.15, 0.2) is 29.9 Å². The van der Waals surface area contributed by atoms with Crippen LogP contribution in [0.2, 0.25) is 0 Å². The highest BCUT2D eigenvalue weighted by molar-refractivity contribution is 7.10. The van der Waals surface area contributed by atoms with Gasteiger partial charge in [0.2, 0.25) is 0 Å². The highest BCUT2D eigenvalue weighted by Gasteiger charge is 2.30. The number of amides is 2. The molecule has 3 heterocycles. The maximum atomic E-state index is 12.6. The van der Waals surface area contributed by atoms with Crippen molar-refractivity contribution in [3.63, 3.8) is 0 Å². The van der Waals surface area contributed by atoms with E-state index in [2.05, 4.69) is 28.8 Å². The minimum Gasteiger partial charge on any atom is -0.334 e. The Kier molecular flexibility index (Phi) is 4.47. The van der Waals surface area contributed by atoms with E-state index in [1.165, 1.54) is 10.4 Å². The number of urea groups is 1. The van der Waals surface area contributed by atoms with Crippen LogP contribution in [-0.2, 0) is 13.0 Å². The van der Waals surface area contributed by atoms with Crippen LogP contribution in [0.3, 0.4) is 0 Å². The summed E-state index contributed by atoms with van der Waals surface area (Å²) >= 11 is 1.80. The average molecular weight is 318 g/mol. The second-order valence-electron chi connectivity index (χ2n) is 5.75. The smallest absolute Gasteiger partial charge is 0.318 e. The zero-order valence-electron chi connectivity index (χ0n) is 13.0. The fourth-order valence-corrected chi connectivity index (χ4v) is 4.04. The molecule has 0 spiro atoms. The molecule has 2 atom stereocenters. The summed E-state index contributed by atoms with van der Waals surface area (Å²) in [6.07, 6.45) is 5.58. The summed E-state index contributed by atoms with van der Waals surface area (Å²) < 4.78 is 1.84. The predicted molar refractivity (Wildman–Crippen MR) is 88.0 cm³/mol. The Morgan fingerprint density at radius 1 is 1.59 bits per heavy atom. The van der Waals surface area contributed by atoms with Crippen LogP contribution >= 0.6 is 11.3 Å². The molecule has 2 aromatic rings. The van der Waals surface area contributed by atoms with Crippen molar-refractivity contribution in [1.29, 1.82) is 0 Å². The van der Waals surface area contributed by atoms with Gasteiger partial charge in [-0.15, -0.1) is 11.3 Å². The third-order valence-corrected chi connectivity index (χ3v) is 5.13. The number of aromatic nitrogens is 2. The molecule has 0 saturated heterocycles. The number of carbonyl (C=O) groups is 1. The standard InChI is InChI=1S/C16H22N4OS/c1-3-14-13-6-10-22-15(13)5-9-20(14)16(21)18-12(2)11-19-8-4-7-17-19/h4,6-8,10,12,14H,3,5,9,11H2,1-2H3,(H,18,21)/t12-,14-/m1/s1. The van der Waals surface area contributed by atoms with Crippen molar-refractivity contribution < 1.29 is 4.79 Å². The minimum absolute atomic E-state index is 0.0309.